The fraction of sp³-hybridized carbons (Fsp3) is 0.636. The van der Waals surface area contributed by atoms with E-state index >= 15 is 0 Å². The summed E-state index contributed by atoms with van der Waals surface area (Å²) in [6.45, 7) is 6.88. The molecule has 0 spiro atoms. The monoisotopic (exact) mass is 209 g/mol. The number of nitrogens with zero attached hydrogens (tertiary/aromatic N) is 1. The molecular weight excluding hydrogens is 194 g/mol. The average Bonchev–Trinajstić information content (AvgIpc) is 2.86. The van der Waals surface area contributed by atoms with Crippen LogP contribution < -0.4 is 0 Å². The number of hydrogen-bond donors (Lipinski definition) is 0. The molecule has 4 heteroatoms. The van der Waals surface area contributed by atoms with Gasteiger partial charge in [-0.2, -0.15) is 0 Å². The molecule has 4 nitrogen and oxygen atoms in total. The lowest BCUT2D eigenvalue weighted by Gasteiger charge is -2.18. The smallest absolute Gasteiger partial charge is 0.322 e. The second-order valence-corrected chi connectivity index (χ2v) is 4.09. The van der Waals surface area contributed by atoms with Gasteiger partial charge in [-0.05, 0) is 13.3 Å². The van der Waals surface area contributed by atoms with Crippen molar-refractivity contribution >= 4 is 11.9 Å². The highest BCUT2D eigenvalue weighted by Gasteiger charge is 2.72. The van der Waals surface area contributed by atoms with Crippen molar-refractivity contribution in [1.82, 2.24) is 4.90 Å². The second kappa shape index (κ2) is 3.36. The van der Waals surface area contributed by atoms with Crippen LogP contribution in [-0.2, 0) is 14.3 Å². The van der Waals surface area contributed by atoms with Gasteiger partial charge in [0.2, 0.25) is 5.91 Å². The van der Waals surface area contributed by atoms with E-state index in [-0.39, 0.29) is 17.8 Å². The van der Waals surface area contributed by atoms with Crippen molar-refractivity contribution in [3.63, 3.8) is 0 Å². The molecule has 1 saturated heterocycles. The van der Waals surface area contributed by atoms with E-state index in [1.54, 1.807) is 17.9 Å². The van der Waals surface area contributed by atoms with Crippen LogP contribution in [0.1, 0.15) is 13.3 Å². The Bertz CT molecular complexity index is 326. The summed E-state index contributed by atoms with van der Waals surface area (Å²) < 4.78 is 4.96. The molecule has 0 aromatic carbocycles. The van der Waals surface area contributed by atoms with Gasteiger partial charge in [-0.1, -0.05) is 6.08 Å². The third-order valence-electron chi connectivity index (χ3n) is 3.20. The van der Waals surface area contributed by atoms with Crippen molar-refractivity contribution in [3.05, 3.63) is 12.7 Å². The summed E-state index contributed by atoms with van der Waals surface area (Å²) in [4.78, 5) is 25.3. The maximum absolute atomic E-state index is 12.0. The van der Waals surface area contributed by atoms with Crippen LogP contribution in [0.25, 0.3) is 0 Å². The van der Waals surface area contributed by atoms with Gasteiger partial charge in [-0.25, -0.2) is 0 Å². The molecule has 0 aromatic heterocycles. The predicted molar refractivity (Wildman–Crippen MR) is 54.0 cm³/mol. The third-order valence-corrected chi connectivity index (χ3v) is 3.20. The summed E-state index contributed by atoms with van der Waals surface area (Å²) in [5.41, 5.74) is -0.820. The SMILES string of the molecule is C=CCN1C[C@@H]2C[C@]2(C(=O)OCC)C1=O. The Morgan fingerprint density at radius 2 is 2.53 bits per heavy atom. The lowest BCUT2D eigenvalue weighted by molar-refractivity contribution is -0.155. The third kappa shape index (κ3) is 1.28. The minimum absolute atomic E-state index is 0.0779. The van der Waals surface area contributed by atoms with Gasteiger partial charge in [0, 0.05) is 19.0 Å². The second-order valence-electron chi connectivity index (χ2n) is 4.09. The van der Waals surface area contributed by atoms with Crippen LogP contribution in [0.4, 0.5) is 0 Å². The van der Waals surface area contributed by atoms with E-state index < -0.39 is 5.41 Å². The molecule has 1 aliphatic heterocycles. The van der Waals surface area contributed by atoms with Crippen molar-refractivity contribution < 1.29 is 14.3 Å². The van der Waals surface area contributed by atoms with Gasteiger partial charge in [-0.3, -0.25) is 9.59 Å². The molecule has 0 bridgehead atoms. The van der Waals surface area contributed by atoms with E-state index in [0.29, 0.717) is 26.1 Å². The minimum atomic E-state index is -0.820. The summed E-state index contributed by atoms with van der Waals surface area (Å²) in [5.74, 6) is -0.249. The number of ether oxygens (including phenoxy) is 1. The molecule has 2 rings (SSSR count). The number of esters is 1. The topological polar surface area (TPSA) is 46.6 Å². The number of fused-ring (bicyclic) bond motifs is 1. The van der Waals surface area contributed by atoms with Crippen molar-refractivity contribution in [2.75, 3.05) is 19.7 Å². The fourth-order valence-corrected chi connectivity index (χ4v) is 2.35. The molecule has 2 fully saturated rings. The lowest BCUT2D eigenvalue weighted by Crippen LogP contribution is -2.36. The van der Waals surface area contributed by atoms with Gasteiger partial charge in [0.1, 0.15) is 0 Å². The number of rotatable bonds is 4. The summed E-state index contributed by atoms with van der Waals surface area (Å²) in [5, 5.41) is 0. The first-order chi connectivity index (χ1) is 7.16. The van der Waals surface area contributed by atoms with E-state index in [1.165, 1.54) is 0 Å². The van der Waals surface area contributed by atoms with Gasteiger partial charge in [0.05, 0.1) is 6.61 Å². The van der Waals surface area contributed by atoms with Gasteiger partial charge in [0.25, 0.3) is 0 Å². The molecule has 1 aliphatic carbocycles. The number of carbonyl (C=O) groups excluding carboxylic acids is 2. The molecule has 1 heterocycles. The normalized spacial score (nSPS) is 32.5. The van der Waals surface area contributed by atoms with Crippen molar-refractivity contribution in [2.45, 2.75) is 13.3 Å². The highest BCUT2D eigenvalue weighted by molar-refractivity contribution is 6.08. The van der Waals surface area contributed by atoms with E-state index in [1.807, 2.05) is 0 Å². The number of likely N-dealkylation sites (tertiary alicyclic amines) is 1. The summed E-state index contributed by atoms with van der Waals surface area (Å²) >= 11 is 0. The van der Waals surface area contributed by atoms with Crippen LogP contribution >= 0.6 is 0 Å². The van der Waals surface area contributed by atoms with Gasteiger partial charge in [-0.15, -0.1) is 6.58 Å². The van der Waals surface area contributed by atoms with Crippen LogP contribution in [0, 0.1) is 11.3 Å². The van der Waals surface area contributed by atoms with Crippen LogP contribution in [0.5, 0.6) is 0 Å². The Hall–Kier alpha value is -1.32. The van der Waals surface area contributed by atoms with Crippen LogP contribution in [0.2, 0.25) is 0 Å². The number of hydrogen-bond acceptors (Lipinski definition) is 3. The quantitative estimate of drug-likeness (QED) is 0.386. The highest BCUT2D eigenvalue weighted by Crippen LogP contribution is 2.59. The molecule has 2 atom stereocenters. The van der Waals surface area contributed by atoms with E-state index in [2.05, 4.69) is 6.58 Å². The molecular formula is C11H15NO3. The number of carbonyl (C=O) groups is 2. The van der Waals surface area contributed by atoms with Crippen molar-refractivity contribution in [1.29, 1.82) is 0 Å². The molecule has 82 valence electrons. The highest BCUT2D eigenvalue weighted by atomic mass is 16.5. The van der Waals surface area contributed by atoms with Gasteiger partial charge < -0.3 is 9.64 Å². The Labute approximate surface area is 88.9 Å². The number of piperidine rings is 1. The Morgan fingerprint density at radius 3 is 3.13 bits per heavy atom. The van der Waals surface area contributed by atoms with Crippen LogP contribution in [0.15, 0.2) is 12.7 Å². The largest absolute Gasteiger partial charge is 0.465 e. The number of amides is 1. The first kappa shape index (κ1) is 10.2. The average molecular weight is 209 g/mol. The maximum Gasteiger partial charge on any atom is 0.322 e. The standard InChI is InChI=1S/C11H15NO3/c1-3-5-12-7-8-6-11(8,9(12)13)10(14)15-4-2/h3,8H,1,4-7H2,2H3/t8-,11+/m0/s1. The van der Waals surface area contributed by atoms with Crippen molar-refractivity contribution in [3.8, 4) is 0 Å². The molecule has 0 unspecified atom stereocenters. The summed E-state index contributed by atoms with van der Waals surface area (Å²) in [7, 11) is 0. The zero-order chi connectivity index (χ0) is 11.1. The first-order valence-corrected chi connectivity index (χ1v) is 5.24. The van der Waals surface area contributed by atoms with E-state index in [0.717, 1.165) is 0 Å². The predicted octanol–water partition coefficient (Wildman–Crippen LogP) is 0.584. The minimum Gasteiger partial charge on any atom is -0.465 e. The summed E-state index contributed by atoms with van der Waals surface area (Å²) in [6, 6.07) is 0. The Morgan fingerprint density at radius 1 is 1.80 bits per heavy atom. The molecule has 1 saturated carbocycles. The molecule has 0 N–H and O–H groups in total. The zero-order valence-corrected chi connectivity index (χ0v) is 8.86. The van der Waals surface area contributed by atoms with Crippen molar-refractivity contribution in [2.24, 2.45) is 11.3 Å². The molecule has 0 radical (unpaired) electrons. The van der Waals surface area contributed by atoms with Crippen LogP contribution in [0.3, 0.4) is 0 Å². The van der Waals surface area contributed by atoms with E-state index in [9.17, 15) is 9.59 Å². The fourth-order valence-electron chi connectivity index (χ4n) is 2.35. The molecule has 1 amide bonds. The Kier molecular flexibility index (Phi) is 2.29. The Balaban J connectivity index is 2.10. The maximum atomic E-state index is 12.0. The molecule has 15 heavy (non-hydrogen) atoms. The zero-order valence-electron chi connectivity index (χ0n) is 8.86. The molecule has 0 aromatic rings. The summed E-state index contributed by atoms with van der Waals surface area (Å²) in [6.07, 6.45) is 2.35. The first-order valence-electron chi connectivity index (χ1n) is 5.24. The van der Waals surface area contributed by atoms with Gasteiger partial charge in [0.15, 0.2) is 5.41 Å². The molecule has 2 aliphatic rings. The van der Waals surface area contributed by atoms with Gasteiger partial charge >= 0.3 is 5.97 Å². The van der Waals surface area contributed by atoms with E-state index in [4.69, 9.17) is 4.74 Å². The lowest BCUT2D eigenvalue weighted by atomic mass is 10.1. The van der Waals surface area contributed by atoms with Crippen LogP contribution in [-0.4, -0.2) is 36.5 Å².